The molecule has 0 bridgehead atoms. The SMILES string of the molecule is COc1ccc2ncc(F)c([C@H](N)CCC3CCN(CCSC4CCC4)CC3C(=O)O)c2c1. The van der Waals surface area contributed by atoms with Crippen molar-refractivity contribution >= 4 is 28.6 Å². The van der Waals surface area contributed by atoms with Crippen LogP contribution in [0.25, 0.3) is 10.9 Å². The second-order valence-corrected chi connectivity index (χ2v) is 10.7. The highest BCUT2D eigenvalue weighted by Gasteiger charge is 2.34. The predicted molar refractivity (Wildman–Crippen MR) is 130 cm³/mol. The molecule has 0 spiro atoms. The Morgan fingerprint density at radius 1 is 1.39 bits per heavy atom. The number of carboxylic acids is 1. The van der Waals surface area contributed by atoms with Gasteiger partial charge in [0.15, 0.2) is 0 Å². The lowest BCUT2D eigenvalue weighted by atomic mass is 9.81. The molecule has 2 unspecified atom stereocenters. The largest absolute Gasteiger partial charge is 0.497 e. The zero-order chi connectivity index (χ0) is 23.4. The normalized spacial score (nSPS) is 22.8. The van der Waals surface area contributed by atoms with E-state index in [0.29, 0.717) is 41.6 Å². The van der Waals surface area contributed by atoms with E-state index < -0.39 is 23.7 Å². The Hall–Kier alpha value is -1.90. The van der Waals surface area contributed by atoms with E-state index >= 15 is 0 Å². The number of methoxy groups -OCH3 is 1. The summed E-state index contributed by atoms with van der Waals surface area (Å²) in [6.07, 6.45) is 7.24. The number of aliphatic carboxylic acids is 1. The molecular formula is C25H34FN3O3S. The van der Waals surface area contributed by atoms with Crippen LogP contribution in [-0.4, -0.2) is 58.7 Å². The monoisotopic (exact) mass is 475 g/mol. The number of hydrogen-bond donors (Lipinski definition) is 2. The molecule has 0 radical (unpaired) electrons. The van der Waals surface area contributed by atoms with E-state index in [9.17, 15) is 14.3 Å². The smallest absolute Gasteiger partial charge is 0.308 e. The first kappa shape index (κ1) is 24.2. The number of rotatable bonds is 10. The lowest BCUT2D eigenvalue weighted by Crippen LogP contribution is -2.45. The maximum atomic E-state index is 14.7. The number of benzene rings is 1. The van der Waals surface area contributed by atoms with Gasteiger partial charge in [-0.15, -0.1) is 0 Å². The van der Waals surface area contributed by atoms with Gasteiger partial charge in [-0.1, -0.05) is 6.42 Å². The summed E-state index contributed by atoms with van der Waals surface area (Å²) in [4.78, 5) is 18.5. The van der Waals surface area contributed by atoms with Crippen LogP contribution in [0.2, 0.25) is 0 Å². The fourth-order valence-electron chi connectivity index (χ4n) is 4.99. The summed E-state index contributed by atoms with van der Waals surface area (Å²) >= 11 is 2.03. The highest BCUT2D eigenvalue weighted by Crippen LogP contribution is 2.35. The van der Waals surface area contributed by atoms with Gasteiger partial charge in [0.2, 0.25) is 0 Å². The minimum absolute atomic E-state index is 0.0507. The fraction of sp³-hybridized carbons (Fsp3) is 0.600. The Morgan fingerprint density at radius 3 is 2.91 bits per heavy atom. The number of pyridine rings is 1. The molecule has 1 aliphatic carbocycles. The minimum atomic E-state index is -0.741. The Morgan fingerprint density at radius 2 is 2.21 bits per heavy atom. The summed E-state index contributed by atoms with van der Waals surface area (Å²) in [5, 5.41) is 11.3. The second-order valence-electron chi connectivity index (χ2n) is 9.30. The fourth-order valence-corrected chi connectivity index (χ4v) is 6.36. The first-order valence-corrected chi connectivity index (χ1v) is 13.0. The van der Waals surface area contributed by atoms with Crippen molar-refractivity contribution < 1.29 is 19.0 Å². The van der Waals surface area contributed by atoms with Crippen molar-refractivity contribution in [2.45, 2.75) is 49.8 Å². The van der Waals surface area contributed by atoms with Crippen molar-refractivity contribution in [3.8, 4) is 5.75 Å². The number of hydrogen-bond acceptors (Lipinski definition) is 6. The molecule has 1 aromatic carbocycles. The lowest BCUT2D eigenvalue weighted by molar-refractivity contribution is -0.146. The number of piperidine rings is 1. The molecule has 0 amide bonds. The third kappa shape index (κ3) is 5.78. The number of ether oxygens (including phenoxy) is 1. The zero-order valence-electron chi connectivity index (χ0n) is 19.2. The summed E-state index contributed by atoms with van der Waals surface area (Å²) in [5.41, 5.74) is 7.56. The van der Waals surface area contributed by atoms with E-state index in [-0.39, 0.29) is 5.92 Å². The Kier molecular flexibility index (Phi) is 8.09. The maximum absolute atomic E-state index is 14.7. The topological polar surface area (TPSA) is 88.7 Å². The summed E-state index contributed by atoms with van der Waals surface area (Å²) in [5.74, 6) is 0.169. The zero-order valence-corrected chi connectivity index (χ0v) is 20.0. The second kappa shape index (κ2) is 11.0. The molecule has 4 rings (SSSR count). The predicted octanol–water partition coefficient (Wildman–Crippen LogP) is 4.47. The molecule has 180 valence electrons. The van der Waals surface area contributed by atoms with Crippen molar-refractivity contribution in [1.29, 1.82) is 0 Å². The van der Waals surface area contributed by atoms with Gasteiger partial charge in [0.25, 0.3) is 0 Å². The van der Waals surface area contributed by atoms with Crippen LogP contribution in [0.3, 0.4) is 0 Å². The van der Waals surface area contributed by atoms with E-state index in [0.717, 1.165) is 30.5 Å². The molecule has 3 N–H and O–H groups in total. The minimum Gasteiger partial charge on any atom is -0.497 e. The van der Waals surface area contributed by atoms with E-state index in [1.165, 1.54) is 25.5 Å². The van der Waals surface area contributed by atoms with Crippen molar-refractivity contribution in [3.63, 3.8) is 0 Å². The van der Waals surface area contributed by atoms with Crippen LogP contribution in [0.5, 0.6) is 5.75 Å². The summed E-state index contributed by atoms with van der Waals surface area (Å²) in [6, 6.07) is 4.82. The van der Waals surface area contributed by atoms with E-state index in [4.69, 9.17) is 10.5 Å². The molecule has 2 aliphatic rings. The first-order chi connectivity index (χ1) is 16.0. The van der Waals surface area contributed by atoms with Crippen LogP contribution in [0, 0.1) is 17.7 Å². The molecule has 2 aromatic rings. The van der Waals surface area contributed by atoms with Crippen molar-refractivity contribution in [2.75, 3.05) is 32.5 Å². The number of likely N-dealkylation sites (tertiary alicyclic amines) is 1. The molecule has 1 aromatic heterocycles. The van der Waals surface area contributed by atoms with Gasteiger partial charge in [0.05, 0.1) is 24.7 Å². The Labute approximate surface area is 199 Å². The number of nitrogens with two attached hydrogens (primary N) is 1. The number of carboxylic acid groups (broad SMARTS) is 1. The molecular weight excluding hydrogens is 441 g/mol. The van der Waals surface area contributed by atoms with Gasteiger partial charge in [0, 0.05) is 41.1 Å². The molecule has 33 heavy (non-hydrogen) atoms. The molecule has 2 fully saturated rings. The summed E-state index contributed by atoms with van der Waals surface area (Å²) in [7, 11) is 1.57. The van der Waals surface area contributed by atoms with Gasteiger partial charge in [-0.05, 0) is 62.8 Å². The molecule has 6 nitrogen and oxygen atoms in total. The van der Waals surface area contributed by atoms with E-state index in [2.05, 4.69) is 9.88 Å². The van der Waals surface area contributed by atoms with Gasteiger partial charge < -0.3 is 20.5 Å². The number of thioether (sulfide) groups is 1. The first-order valence-electron chi connectivity index (χ1n) is 11.9. The maximum Gasteiger partial charge on any atom is 0.308 e. The third-order valence-electron chi connectivity index (χ3n) is 7.26. The average Bonchev–Trinajstić information content (AvgIpc) is 2.78. The molecule has 1 saturated carbocycles. The Bertz CT molecular complexity index is 971. The molecule has 1 saturated heterocycles. The van der Waals surface area contributed by atoms with Gasteiger partial charge >= 0.3 is 5.97 Å². The van der Waals surface area contributed by atoms with Crippen LogP contribution in [0.15, 0.2) is 24.4 Å². The number of carbonyl (C=O) groups is 1. The van der Waals surface area contributed by atoms with E-state index in [1.807, 2.05) is 11.8 Å². The third-order valence-corrected chi connectivity index (χ3v) is 8.62. The Balaban J connectivity index is 1.37. The standard InChI is InChI=1S/C25H34FN3O3S/c1-32-17-6-8-23-19(13-17)24(21(26)14-28-23)22(27)7-5-16-9-10-29(15-20(16)25(30)31)11-12-33-18-3-2-4-18/h6,8,13-14,16,18,20,22H,2-5,7,9-12,15,27H2,1H3,(H,30,31)/t16?,20?,22-/m1/s1. The summed E-state index contributed by atoms with van der Waals surface area (Å²) < 4.78 is 20.0. The van der Waals surface area contributed by atoms with Crippen molar-refractivity contribution in [3.05, 3.63) is 35.8 Å². The van der Waals surface area contributed by atoms with Gasteiger partial charge in [0.1, 0.15) is 11.6 Å². The molecule has 8 heteroatoms. The highest BCUT2D eigenvalue weighted by atomic mass is 32.2. The number of aromatic nitrogens is 1. The highest BCUT2D eigenvalue weighted by molar-refractivity contribution is 7.99. The van der Waals surface area contributed by atoms with Gasteiger partial charge in [-0.3, -0.25) is 9.78 Å². The van der Waals surface area contributed by atoms with Crippen LogP contribution in [0.4, 0.5) is 4.39 Å². The summed E-state index contributed by atoms with van der Waals surface area (Å²) in [6.45, 7) is 2.45. The van der Waals surface area contributed by atoms with Crippen LogP contribution < -0.4 is 10.5 Å². The number of halogens is 1. The van der Waals surface area contributed by atoms with Crippen molar-refractivity contribution in [1.82, 2.24) is 9.88 Å². The van der Waals surface area contributed by atoms with Crippen LogP contribution >= 0.6 is 11.8 Å². The van der Waals surface area contributed by atoms with Crippen molar-refractivity contribution in [2.24, 2.45) is 17.6 Å². The number of fused-ring (bicyclic) bond motifs is 1. The molecule has 3 atom stereocenters. The quantitative estimate of drug-likeness (QED) is 0.524. The lowest BCUT2D eigenvalue weighted by Gasteiger charge is -2.37. The van der Waals surface area contributed by atoms with Gasteiger partial charge in [-0.25, -0.2) is 4.39 Å². The number of nitrogens with zero attached hydrogens (tertiary/aromatic N) is 2. The van der Waals surface area contributed by atoms with Crippen LogP contribution in [-0.2, 0) is 4.79 Å². The molecule has 2 heterocycles. The average molecular weight is 476 g/mol. The van der Waals surface area contributed by atoms with Crippen LogP contribution in [0.1, 0.15) is 50.1 Å². The molecule has 1 aliphatic heterocycles. The van der Waals surface area contributed by atoms with Gasteiger partial charge in [-0.2, -0.15) is 11.8 Å². The van der Waals surface area contributed by atoms with E-state index in [1.54, 1.807) is 25.3 Å².